The average Bonchev–Trinajstić information content (AvgIpc) is 2.55. The van der Waals surface area contributed by atoms with Crippen molar-refractivity contribution in [3.8, 4) is 5.75 Å². The summed E-state index contributed by atoms with van der Waals surface area (Å²) in [6, 6.07) is 11.1. The van der Waals surface area contributed by atoms with Gasteiger partial charge in [0.05, 0.1) is 6.57 Å². The van der Waals surface area contributed by atoms with E-state index in [9.17, 15) is 4.79 Å². The molecule has 0 heterocycles. The Balaban J connectivity index is 1.79. The van der Waals surface area contributed by atoms with E-state index in [1.165, 1.54) is 0 Å². The first-order chi connectivity index (χ1) is 10.7. The molecule has 0 unspecified atom stereocenters. The normalized spacial score (nSPS) is 13.4. The number of ether oxygens (including phenoxy) is 1. The predicted octanol–water partition coefficient (Wildman–Crippen LogP) is 5.10. The van der Waals surface area contributed by atoms with Crippen LogP contribution in [0.4, 0.5) is 5.69 Å². The Bertz CT molecular complexity index is 777. The smallest absolute Gasteiger partial charge is 0.187 e. The van der Waals surface area contributed by atoms with E-state index in [0.717, 1.165) is 34.0 Å². The highest BCUT2D eigenvalue weighted by molar-refractivity contribution is 9.10. The summed E-state index contributed by atoms with van der Waals surface area (Å²) < 4.78 is 6.71. The largest absolute Gasteiger partial charge is 0.489 e. The van der Waals surface area contributed by atoms with E-state index in [-0.39, 0.29) is 5.78 Å². The highest BCUT2D eigenvalue weighted by Gasteiger charge is 2.17. The molecule has 2 aromatic carbocycles. The topological polar surface area (TPSA) is 30.7 Å². The third-order valence-corrected chi connectivity index (χ3v) is 4.56. The van der Waals surface area contributed by atoms with Crippen molar-refractivity contribution in [2.45, 2.75) is 25.9 Å². The van der Waals surface area contributed by atoms with Gasteiger partial charge in [-0.15, -0.1) is 0 Å². The minimum absolute atomic E-state index is 0.197. The standard InChI is InChI=1S/C18H14BrNO2/c1-20-14-6-8-17(19)13(9-14)11-22-15-7-5-12-3-2-4-18(21)16(12)10-15/h5-10H,2-4,11H2. The minimum atomic E-state index is 0.197. The Labute approximate surface area is 137 Å². The van der Waals surface area contributed by atoms with Crippen molar-refractivity contribution in [1.82, 2.24) is 0 Å². The van der Waals surface area contributed by atoms with Gasteiger partial charge in [0, 0.05) is 16.5 Å². The molecule has 0 saturated carbocycles. The molecule has 3 nitrogen and oxygen atoms in total. The summed E-state index contributed by atoms with van der Waals surface area (Å²) in [6.07, 6.45) is 2.51. The lowest BCUT2D eigenvalue weighted by Gasteiger charge is -2.16. The Morgan fingerprint density at radius 1 is 1.18 bits per heavy atom. The van der Waals surface area contributed by atoms with E-state index in [0.29, 0.717) is 24.5 Å². The van der Waals surface area contributed by atoms with E-state index < -0.39 is 0 Å². The van der Waals surface area contributed by atoms with E-state index in [2.05, 4.69) is 20.8 Å². The summed E-state index contributed by atoms with van der Waals surface area (Å²) >= 11 is 3.47. The third-order valence-electron chi connectivity index (χ3n) is 3.78. The molecule has 0 fully saturated rings. The van der Waals surface area contributed by atoms with Gasteiger partial charge in [0.1, 0.15) is 12.4 Å². The summed E-state index contributed by atoms with van der Waals surface area (Å²) in [5, 5.41) is 0. The van der Waals surface area contributed by atoms with Crippen molar-refractivity contribution in [1.29, 1.82) is 0 Å². The van der Waals surface area contributed by atoms with Crippen LogP contribution in [0, 0.1) is 6.57 Å². The second-order valence-electron chi connectivity index (χ2n) is 5.27. The molecule has 1 aliphatic carbocycles. The van der Waals surface area contributed by atoms with Gasteiger partial charge in [0.25, 0.3) is 0 Å². The number of nitrogens with zero attached hydrogens (tertiary/aromatic N) is 1. The molecule has 0 aliphatic heterocycles. The molecule has 0 atom stereocenters. The molecule has 0 N–H and O–H groups in total. The predicted molar refractivity (Wildman–Crippen MR) is 88.4 cm³/mol. The molecule has 0 aromatic heterocycles. The van der Waals surface area contributed by atoms with E-state index in [1.807, 2.05) is 24.3 Å². The summed E-state index contributed by atoms with van der Waals surface area (Å²) in [5.41, 5.74) is 3.40. The number of carbonyl (C=O) groups is 1. The van der Waals surface area contributed by atoms with Crippen LogP contribution in [-0.2, 0) is 13.0 Å². The van der Waals surface area contributed by atoms with Gasteiger partial charge in [-0.3, -0.25) is 4.79 Å². The number of hydrogen-bond acceptors (Lipinski definition) is 2. The molecule has 0 bridgehead atoms. The fourth-order valence-corrected chi connectivity index (χ4v) is 2.96. The first-order valence-corrected chi connectivity index (χ1v) is 7.91. The van der Waals surface area contributed by atoms with Crippen molar-refractivity contribution in [2.24, 2.45) is 0 Å². The average molecular weight is 356 g/mol. The van der Waals surface area contributed by atoms with Gasteiger partial charge in [-0.1, -0.05) is 34.1 Å². The fourth-order valence-electron chi connectivity index (χ4n) is 2.60. The van der Waals surface area contributed by atoms with Gasteiger partial charge in [-0.2, -0.15) is 0 Å². The molecule has 1 aliphatic rings. The zero-order chi connectivity index (χ0) is 15.5. The Morgan fingerprint density at radius 3 is 2.86 bits per heavy atom. The third kappa shape index (κ3) is 3.05. The molecule has 0 radical (unpaired) electrons. The highest BCUT2D eigenvalue weighted by atomic mass is 79.9. The molecule has 0 spiro atoms. The number of carbonyl (C=O) groups excluding carboxylic acids is 1. The van der Waals surface area contributed by atoms with Crippen molar-refractivity contribution >= 4 is 27.4 Å². The summed E-state index contributed by atoms with van der Waals surface area (Å²) in [6.45, 7) is 7.42. The maximum Gasteiger partial charge on any atom is 0.187 e. The van der Waals surface area contributed by atoms with Gasteiger partial charge in [-0.05, 0) is 42.2 Å². The van der Waals surface area contributed by atoms with Gasteiger partial charge in [-0.25, -0.2) is 4.85 Å². The molecule has 0 saturated heterocycles. The summed E-state index contributed by atoms with van der Waals surface area (Å²) in [4.78, 5) is 15.4. The molecule has 2 aromatic rings. The molecular formula is C18H14BrNO2. The molecule has 3 rings (SSSR count). The number of rotatable bonds is 3. The lowest BCUT2D eigenvalue weighted by atomic mass is 9.90. The van der Waals surface area contributed by atoms with Crippen LogP contribution in [-0.4, -0.2) is 5.78 Å². The number of benzene rings is 2. The van der Waals surface area contributed by atoms with Gasteiger partial charge >= 0.3 is 0 Å². The van der Waals surface area contributed by atoms with Crippen LogP contribution < -0.4 is 4.74 Å². The molecule has 110 valence electrons. The second kappa shape index (κ2) is 6.33. The summed E-state index contributed by atoms with van der Waals surface area (Å²) in [7, 11) is 0. The van der Waals surface area contributed by atoms with Crippen LogP contribution in [0.5, 0.6) is 5.75 Å². The molecule has 22 heavy (non-hydrogen) atoms. The maximum atomic E-state index is 12.0. The van der Waals surface area contributed by atoms with Gasteiger partial charge in [0.2, 0.25) is 0 Å². The number of hydrogen-bond donors (Lipinski definition) is 0. The monoisotopic (exact) mass is 355 g/mol. The number of ketones is 1. The quantitative estimate of drug-likeness (QED) is 0.717. The van der Waals surface area contributed by atoms with Crippen LogP contribution >= 0.6 is 15.9 Å². The first-order valence-electron chi connectivity index (χ1n) is 7.12. The van der Waals surface area contributed by atoms with Crippen molar-refractivity contribution in [3.05, 3.63) is 69.0 Å². The zero-order valence-electron chi connectivity index (χ0n) is 11.9. The van der Waals surface area contributed by atoms with Crippen molar-refractivity contribution in [3.63, 3.8) is 0 Å². The molecular weight excluding hydrogens is 342 g/mol. The van der Waals surface area contributed by atoms with Crippen LogP contribution in [0.15, 0.2) is 40.9 Å². The maximum absolute atomic E-state index is 12.0. The van der Waals surface area contributed by atoms with Crippen LogP contribution in [0.3, 0.4) is 0 Å². The van der Waals surface area contributed by atoms with Crippen molar-refractivity contribution in [2.75, 3.05) is 0 Å². The lowest BCUT2D eigenvalue weighted by Crippen LogP contribution is -2.10. The Hall–Kier alpha value is -2.12. The number of Topliss-reactive ketones (excluding diaryl/α,β-unsaturated/α-hetero) is 1. The number of halogens is 1. The van der Waals surface area contributed by atoms with Crippen LogP contribution in [0.25, 0.3) is 4.85 Å². The van der Waals surface area contributed by atoms with Crippen LogP contribution in [0.2, 0.25) is 0 Å². The lowest BCUT2D eigenvalue weighted by molar-refractivity contribution is 0.0972. The summed E-state index contributed by atoms with van der Waals surface area (Å²) in [5.74, 6) is 0.886. The second-order valence-corrected chi connectivity index (χ2v) is 6.13. The SMILES string of the molecule is [C-]#[N+]c1ccc(Br)c(COc2ccc3c(c2)C(=O)CCC3)c1. The van der Waals surface area contributed by atoms with Crippen molar-refractivity contribution < 1.29 is 9.53 Å². The number of fused-ring (bicyclic) bond motifs is 1. The Morgan fingerprint density at radius 2 is 2.05 bits per heavy atom. The van der Waals surface area contributed by atoms with E-state index >= 15 is 0 Å². The molecule has 0 amide bonds. The minimum Gasteiger partial charge on any atom is -0.489 e. The number of aryl methyl sites for hydroxylation is 1. The molecule has 4 heteroatoms. The zero-order valence-corrected chi connectivity index (χ0v) is 13.5. The van der Waals surface area contributed by atoms with E-state index in [4.69, 9.17) is 11.3 Å². The van der Waals surface area contributed by atoms with Gasteiger partial charge < -0.3 is 4.74 Å². The van der Waals surface area contributed by atoms with E-state index in [1.54, 1.807) is 12.1 Å². The van der Waals surface area contributed by atoms with Gasteiger partial charge in [0.15, 0.2) is 11.5 Å². The first kappa shape index (κ1) is 14.8. The highest BCUT2D eigenvalue weighted by Crippen LogP contribution is 2.28. The van der Waals surface area contributed by atoms with Crippen LogP contribution in [0.1, 0.15) is 34.3 Å². The fraction of sp³-hybridized carbons (Fsp3) is 0.222. The Kier molecular flexibility index (Phi) is 4.26.